The van der Waals surface area contributed by atoms with Gasteiger partial charge in [-0.05, 0) is 48.9 Å². The number of amides is 1. The van der Waals surface area contributed by atoms with Crippen LogP contribution in [0.5, 0.6) is 11.5 Å². The smallest absolute Gasteiger partial charge is 0.248 e. The van der Waals surface area contributed by atoms with Crippen molar-refractivity contribution >= 4 is 40.9 Å². The van der Waals surface area contributed by atoms with Crippen molar-refractivity contribution in [2.45, 2.75) is 6.92 Å². The van der Waals surface area contributed by atoms with Crippen molar-refractivity contribution in [2.24, 2.45) is 0 Å². The maximum atomic E-state index is 12.0. The lowest BCUT2D eigenvalue weighted by Gasteiger charge is -2.09. The topological polar surface area (TPSA) is 47.6 Å². The molecule has 6 heteroatoms. The van der Waals surface area contributed by atoms with Crippen LogP contribution in [-0.4, -0.2) is 19.6 Å². The van der Waals surface area contributed by atoms with Crippen molar-refractivity contribution in [3.05, 3.63) is 58.1 Å². The summed E-state index contributed by atoms with van der Waals surface area (Å²) in [6, 6.07) is 10.3. The molecule has 0 aromatic heterocycles. The van der Waals surface area contributed by atoms with Gasteiger partial charge in [-0.1, -0.05) is 29.3 Å². The van der Waals surface area contributed by atoms with E-state index in [0.29, 0.717) is 33.8 Å². The summed E-state index contributed by atoms with van der Waals surface area (Å²) in [5.74, 6) is 0.984. The molecule has 0 fully saturated rings. The Balaban J connectivity index is 2.08. The van der Waals surface area contributed by atoms with E-state index in [1.54, 1.807) is 43.5 Å². The van der Waals surface area contributed by atoms with Crippen LogP contribution in [0, 0.1) is 0 Å². The van der Waals surface area contributed by atoms with Gasteiger partial charge in [-0.15, -0.1) is 0 Å². The Hall–Kier alpha value is -2.17. The lowest BCUT2D eigenvalue weighted by atomic mass is 10.2. The van der Waals surface area contributed by atoms with Crippen molar-refractivity contribution in [2.75, 3.05) is 19.0 Å². The van der Waals surface area contributed by atoms with Gasteiger partial charge in [0.15, 0.2) is 11.5 Å². The Morgan fingerprint density at radius 2 is 1.83 bits per heavy atom. The van der Waals surface area contributed by atoms with E-state index in [2.05, 4.69) is 5.32 Å². The van der Waals surface area contributed by atoms with E-state index in [1.807, 2.05) is 13.0 Å². The second kappa shape index (κ2) is 8.62. The number of hydrogen-bond donors (Lipinski definition) is 1. The fraction of sp³-hybridized carbons (Fsp3) is 0.167. The van der Waals surface area contributed by atoms with Crippen LogP contribution in [0.2, 0.25) is 10.0 Å². The number of rotatable bonds is 6. The van der Waals surface area contributed by atoms with E-state index in [1.165, 1.54) is 6.08 Å². The minimum Gasteiger partial charge on any atom is -0.493 e. The molecular weight excluding hydrogens is 349 g/mol. The molecule has 0 aliphatic heterocycles. The predicted molar refractivity (Wildman–Crippen MR) is 98.3 cm³/mol. The number of methoxy groups -OCH3 is 1. The normalized spacial score (nSPS) is 10.7. The van der Waals surface area contributed by atoms with Crippen LogP contribution < -0.4 is 14.8 Å². The third-order valence-electron chi connectivity index (χ3n) is 3.04. The molecule has 24 heavy (non-hydrogen) atoms. The molecule has 0 spiro atoms. The third kappa shape index (κ3) is 5.18. The van der Waals surface area contributed by atoms with Crippen LogP contribution in [0.1, 0.15) is 12.5 Å². The average molecular weight is 366 g/mol. The molecule has 2 aromatic carbocycles. The molecular formula is C18H17Cl2NO3. The number of carbonyl (C=O) groups is 1. The van der Waals surface area contributed by atoms with E-state index in [4.69, 9.17) is 32.7 Å². The number of nitrogens with one attached hydrogen (secondary N) is 1. The fourth-order valence-corrected chi connectivity index (χ4v) is 2.57. The van der Waals surface area contributed by atoms with Crippen molar-refractivity contribution in [1.82, 2.24) is 0 Å². The van der Waals surface area contributed by atoms with Gasteiger partial charge in [0.25, 0.3) is 0 Å². The van der Waals surface area contributed by atoms with Crippen LogP contribution in [0.25, 0.3) is 6.08 Å². The first-order valence-corrected chi connectivity index (χ1v) is 8.03. The molecule has 2 aromatic rings. The molecule has 2 rings (SSSR count). The van der Waals surface area contributed by atoms with E-state index in [0.717, 1.165) is 5.56 Å². The van der Waals surface area contributed by atoms with Gasteiger partial charge in [0.2, 0.25) is 5.91 Å². The molecule has 0 aliphatic carbocycles. The van der Waals surface area contributed by atoms with Crippen LogP contribution in [-0.2, 0) is 4.79 Å². The maximum Gasteiger partial charge on any atom is 0.248 e. The molecule has 1 N–H and O–H groups in total. The summed E-state index contributed by atoms with van der Waals surface area (Å²) in [5, 5.41) is 3.62. The molecule has 0 heterocycles. The largest absolute Gasteiger partial charge is 0.493 e. The lowest BCUT2D eigenvalue weighted by molar-refractivity contribution is -0.111. The first-order valence-electron chi connectivity index (χ1n) is 7.28. The SMILES string of the molecule is CCOc1ccc(C=CC(=O)Nc2cc(Cl)cc(Cl)c2)cc1OC. The fourth-order valence-electron chi connectivity index (χ4n) is 2.04. The van der Waals surface area contributed by atoms with Crippen LogP contribution >= 0.6 is 23.2 Å². The Morgan fingerprint density at radius 3 is 2.46 bits per heavy atom. The molecule has 126 valence electrons. The van der Waals surface area contributed by atoms with Crippen molar-refractivity contribution in [1.29, 1.82) is 0 Å². The van der Waals surface area contributed by atoms with Gasteiger partial charge < -0.3 is 14.8 Å². The number of ether oxygens (including phenoxy) is 2. The average Bonchev–Trinajstić information content (AvgIpc) is 2.53. The van der Waals surface area contributed by atoms with Crippen LogP contribution in [0.4, 0.5) is 5.69 Å². The Labute approximate surface area is 151 Å². The summed E-state index contributed by atoms with van der Waals surface area (Å²) in [6.45, 7) is 2.45. The van der Waals surface area contributed by atoms with Crippen molar-refractivity contribution in [3.8, 4) is 11.5 Å². The highest BCUT2D eigenvalue weighted by molar-refractivity contribution is 6.35. The zero-order valence-corrected chi connectivity index (χ0v) is 14.8. The molecule has 0 radical (unpaired) electrons. The number of anilines is 1. The zero-order chi connectivity index (χ0) is 17.5. The van der Waals surface area contributed by atoms with Crippen LogP contribution in [0.15, 0.2) is 42.5 Å². The molecule has 1 amide bonds. The number of benzene rings is 2. The van der Waals surface area contributed by atoms with Gasteiger partial charge in [0.1, 0.15) is 0 Å². The maximum absolute atomic E-state index is 12.0. The summed E-state index contributed by atoms with van der Waals surface area (Å²) < 4.78 is 10.7. The summed E-state index contributed by atoms with van der Waals surface area (Å²) in [7, 11) is 1.57. The van der Waals surface area contributed by atoms with Gasteiger partial charge in [0.05, 0.1) is 13.7 Å². The first-order chi connectivity index (χ1) is 11.5. The molecule has 0 atom stereocenters. The van der Waals surface area contributed by atoms with Gasteiger partial charge in [-0.25, -0.2) is 0 Å². The number of hydrogen-bond acceptors (Lipinski definition) is 3. The zero-order valence-electron chi connectivity index (χ0n) is 13.3. The van der Waals surface area contributed by atoms with Gasteiger partial charge in [-0.2, -0.15) is 0 Å². The molecule has 0 saturated heterocycles. The number of halogens is 2. The second-order valence-electron chi connectivity index (χ2n) is 4.82. The lowest BCUT2D eigenvalue weighted by Crippen LogP contribution is -2.07. The molecule has 0 aliphatic rings. The monoisotopic (exact) mass is 365 g/mol. The van der Waals surface area contributed by atoms with Crippen molar-refractivity contribution < 1.29 is 14.3 Å². The minimum absolute atomic E-state index is 0.291. The summed E-state index contributed by atoms with van der Waals surface area (Å²) in [4.78, 5) is 12.0. The molecule has 4 nitrogen and oxygen atoms in total. The summed E-state index contributed by atoms with van der Waals surface area (Å²) in [5.41, 5.74) is 1.35. The third-order valence-corrected chi connectivity index (χ3v) is 3.48. The first kappa shape index (κ1) is 18.2. The molecule has 0 unspecified atom stereocenters. The van der Waals surface area contributed by atoms with E-state index >= 15 is 0 Å². The Kier molecular flexibility index (Phi) is 6.53. The highest BCUT2D eigenvalue weighted by atomic mass is 35.5. The Morgan fingerprint density at radius 1 is 1.12 bits per heavy atom. The summed E-state index contributed by atoms with van der Waals surface area (Å²) in [6.07, 6.45) is 3.10. The number of carbonyl (C=O) groups excluding carboxylic acids is 1. The van der Waals surface area contributed by atoms with E-state index in [-0.39, 0.29) is 5.91 Å². The predicted octanol–water partition coefficient (Wildman–Crippen LogP) is 5.05. The van der Waals surface area contributed by atoms with E-state index < -0.39 is 0 Å². The standard InChI is InChI=1S/C18H17Cl2NO3/c1-3-24-16-6-4-12(8-17(16)23-2)5-7-18(22)21-15-10-13(19)9-14(20)11-15/h4-11H,3H2,1-2H3,(H,21,22). The van der Waals surface area contributed by atoms with Gasteiger partial charge in [0, 0.05) is 21.8 Å². The Bertz CT molecular complexity index is 740. The highest BCUT2D eigenvalue weighted by Crippen LogP contribution is 2.28. The second-order valence-corrected chi connectivity index (χ2v) is 5.70. The van der Waals surface area contributed by atoms with E-state index in [9.17, 15) is 4.79 Å². The van der Waals surface area contributed by atoms with Crippen molar-refractivity contribution in [3.63, 3.8) is 0 Å². The molecule has 0 bridgehead atoms. The highest BCUT2D eigenvalue weighted by Gasteiger charge is 2.05. The quantitative estimate of drug-likeness (QED) is 0.728. The minimum atomic E-state index is -0.291. The van der Waals surface area contributed by atoms with Gasteiger partial charge >= 0.3 is 0 Å². The van der Waals surface area contributed by atoms with Gasteiger partial charge in [-0.3, -0.25) is 4.79 Å². The summed E-state index contributed by atoms with van der Waals surface area (Å²) >= 11 is 11.8. The molecule has 0 saturated carbocycles. The van der Waals surface area contributed by atoms with Crippen LogP contribution in [0.3, 0.4) is 0 Å².